The van der Waals surface area contributed by atoms with Crippen LogP contribution in [0.1, 0.15) is 90.9 Å². The van der Waals surface area contributed by atoms with Crippen molar-refractivity contribution in [3.63, 3.8) is 0 Å². The van der Waals surface area contributed by atoms with Crippen molar-refractivity contribution in [3.8, 4) is 0 Å². The van der Waals surface area contributed by atoms with Crippen LogP contribution in [-0.2, 0) is 4.74 Å². The van der Waals surface area contributed by atoms with E-state index in [1.165, 1.54) is 57.8 Å². The molecule has 1 aliphatic heterocycles. The lowest BCUT2D eigenvalue weighted by molar-refractivity contribution is 0.372. The number of allylic oxidation sites excluding steroid dienone is 2. The Morgan fingerprint density at radius 3 is 1.86 bits per heavy atom. The number of ether oxygens (including phenoxy) is 1. The minimum atomic E-state index is 0.501. The number of unbranched alkanes of at least 4 members (excludes halogenated alkanes) is 8. The zero-order chi connectivity index (χ0) is 15.2. The van der Waals surface area contributed by atoms with Gasteiger partial charge in [-0.1, -0.05) is 83.1 Å². The first-order chi connectivity index (χ1) is 10.4. The summed E-state index contributed by atoms with van der Waals surface area (Å²) in [4.78, 5) is 0. The van der Waals surface area contributed by atoms with Gasteiger partial charge in [0.05, 0.1) is 12.2 Å². The fourth-order valence-corrected chi connectivity index (χ4v) is 2.74. The average molecular weight is 293 g/mol. The zero-order valence-corrected chi connectivity index (χ0v) is 14.4. The van der Waals surface area contributed by atoms with Crippen molar-refractivity contribution in [2.45, 2.75) is 103 Å². The van der Waals surface area contributed by atoms with Crippen molar-refractivity contribution in [2.75, 3.05) is 0 Å². The Hall–Kier alpha value is -0.560. The standard InChI is InChI=1S/C20H36O/c1-3-5-7-8-9-10-11-12-13-14-16-18-20-19(21-20)17-15-6-4-2/h6,14-16,19-20H,3-5,7-13,17-18H2,1-2H3. The topological polar surface area (TPSA) is 12.5 Å². The van der Waals surface area contributed by atoms with E-state index in [-0.39, 0.29) is 0 Å². The van der Waals surface area contributed by atoms with Gasteiger partial charge < -0.3 is 4.74 Å². The Kier molecular flexibility index (Phi) is 11.6. The molecule has 1 fully saturated rings. The molecule has 0 bridgehead atoms. The molecule has 0 radical (unpaired) electrons. The van der Waals surface area contributed by atoms with Crippen molar-refractivity contribution >= 4 is 0 Å². The smallest absolute Gasteiger partial charge is 0.0879 e. The molecule has 1 aliphatic rings. The predicted molar refractivity (Wildman–Crippen MR) is 93.7 cm³/mol. The highest BCUT2D eigenvalue weighted by molar-refractivity contribution is 4.97. The highest BCUT2D eigenvalue weighted by atomic mass is 16.6. The fourth-order valence-electron chi connectivity index (χ4n) is 2.74. The minimum Gasteiger partial charge on any atom is -0.369 e. The molecule has 0 spiro atoms. The zero-order valence-electron chi connectivity index (χ0n) is 14.4. The third-order valence-corrected chi connectivity index (χ3v) is 4.22. The van der Waals surface area contributed by atoms with Crippen molar-refractivity contribution in [3.05, 3.63) is 24.3 Å². The van der Waals surface area contributed by atoms with Crippen LogP contribution in [-0.4, -0.2) is 12.2 Å². The molecule has 122 valence electrons. The SMILES string of the molecule is CCC=CCC1OC1CC=CCCCCCCCCCC. The van der Waals surface area contributed by atoms with Gasteiger partial charge in [0.2, 0.25) is 0 Å². The van der Waals surface area contributed by atoms with Gasteiger partial charge in [-0.2, -0.15) is 0 Å². The van der Waals surface area contributed by atoms with Crippen LogP contribution in [0, 0.1) is 0 Å². The summed E-state index contributed by atoms with van der Waals surface area (Å²) < 4.78 is 5.65. The van der Waals surface area contributed by atoms with Gasteiger partial charge in [0.1, 0.15) is 0 Å². The molecule has 0 saturated carbocycles. The second-order valence-electron chi connectivity index (χ2n) is 6.30. The summed E-state index contributed by atoms with van der Waals surface area (Å²) in [5.74, 6) is 0. The molecule has 2 unspecified atom stereocenters. The number of hydrogen-bond donors (Lipinski definition) is 0. The summed E-state index contributed by atoms with van der Waals surface area (Å²) in [7, 11) is 0. The summed E-state index contributed by atoms with van der Waals surface area (Å²) in [6, 6.07) is 0. The van der Waals surface area contributed by atoms with E-state index in [2.05, 4.69) is 38.2 Å². The Labute approximate surface area is 132 Å². The quantitative estimate of drug-likeness (QED) is 0.200. The van der Waals surface area contributed by atoms with E-state index in [0.717, 1.165) is 19.3 Å². The van der Waals surface area contributed by atoms with E-state index in [0.29, 0.717) is 12.2 Å². The molecule has 0 aliphatic carbocycles. The second kappa shape index (κ2) is 13.1. The normalized spacial score (nSPS) is 21.6. The summed E-state index contributed by atoms with van der Waals surface area (Å²) in [6.45, 7) is 4.46. The van der Waals surface area contributed by atoms with E-state index < -0.39 is 0 Å². The Bertz CT molecular complexity index is 280. The fraction of sp³-hybridized carbons (Fsp3) is 0.800. The molecular formula is C20H36O. The lowest BCUT2D eigenvalue weighted by Gasteiger charge is -1.99. The van der Waals surface area contributed by atoms with Crippen molar-refractivity contribution in [1.82, 2.24) is 0 Å². The van der Waals surface area contributed by atoms with Crippen LogP contribution in [0.3, 0.4) is 0 Å². The van der Waals surface area contributed by atoms with Crippen molar-refractivity contribution < 1.29 is 4.74 Å². The second-order valence-corrected chi connectivity index (χ2v) is 6.30. The number of hydrogen-bond acceptors (Lipinski definition) is 1. The van der Waals surface area contributed by atoms with Crippen LogP contribution in [0.15, 0.2) is 24.3 Å². The maximum atomic E-state index is 5.65. The Balaban J connectivity index is 1.81. The van der Waals surface area contributed by atoms with E-state index in [1.54, 1.807) is 0 Å². The molecule has 0 amide bonds. The lowest BCUT2D eigenvalue weighted by atomic mass is 10.1. The molecule has 1 heterocycles. The molecule has 0 aromatic heterocycles. The molecule has 1 rings (SSSR count). The van der Waals surface area contributed by atoms with Gasteiger partial charge >= 0.3 is 0 Å². The maximum absolute atomic E-state index is 5.65. The Morgan fingerprint density at radius 2 is 1.24 bits per heavy atom. The first-order valence-corrected chi connectivity index (χ1v) is 9.34. The van der Waals surface area contributed by atoms with E-state index >= 15 is 0 Å². The molecule has 0 aromatic rings. The van der Waals surface area contributed by atoms with E-state index in [9.17, 15) is 0 Å². The first-order valence-electron chi connectivity index (χ1n) is 9.34. The highest BCUT2D eigenvalue weighted by Crippen LogP contribution is 2.29. The van der Waals surface area contributed by atoms with Crippen molar-refractivity contribution in [1.29, 1.82) is 0 Å². The molecule has 1 nitrogen and oxygen atoms in total. The van der Waals surface area contributed by atoms with Gasteiger partial charge in [-0.05, 0) is 32.1 Å². The molecule has 0 N–H and O–H groups in total. The summed E-state index contributed by atoms with van der Waals surface area (Å²) in [5.41, 5.74) is 0. The molecule has 2 atom stereocenters. The van der Waals surface area contributed by atoms with Crippen LogP contribution >= 0.6 is 0 Å². The van der Waals surface area contributed by atoms with Crippen LogP contribution in [0.2, 0.25) is 0 Å². The number of epoxide rings is 1. The molecule has 0 aromatic carbocycles. The van der Waals surface area contributed by atoms with E-state index in [1.807, 2.05) is 0 Å². The molecule has 1 heteroatoms. The lowest BCUT2D eigenvalue weighted by Crippen LogP contribution is -1.90. The third-order valence-electron chi connectivity index (χ3n) is 4.22. The average Bonchev–Trinajstić information content (AvgIpc) is 3.23. The summed E-state index contributed by atoms with van der Waals surface area (Å²) in [6.07, 6.45) is 26.1. The van der Waals surface area contributed by atoms with Gasteiger partial charge in [-0.3, -0.25) is 0 Å². The van der Waals surface area contributed by atoms with Gasteiger partial charge in [-0.25, -0.2) is 0 Å². The van der Waals surface area contributed by atoms with Crippen LogP contribution in [0.4, 0.5) is 0 Å². The minimum absolute atomic E-state index is 0.501. The molecule has 1 saturated heterocycles. The predicted octanol–water partition coefficient (Wildman–Crippen LogP) is 6.59. The van der Waals surface area contributed by atoms with E-state index in [4.69, 9.17) is 4.74 Å². The summed E-state index contributed by atoms with van der Waals surface area (Å²) >= 11 is 0. The van der Waals surface area contributed by atoms with Crippen LogP contribution < -0.4 is 0 Å². The number of rotatable bonds is 14. The van der Waals surface area contributed by atoms with Gasteiger partial charge in [0.15, 0.2) is 0 Å². The maximum Gasteiger partial charge on any atom is 0.0879 e. The molecular weight excluding hydrogens is 256 g/mol. The Morgan fingerprint density at radius 1 is 0.667 bits per heavy atom. The molecule has 21 heavy (non-hydrogen) atoms. The third kappa shape index (κ3) is 10.8. The largest absolute Gasteiger partial charge is 0.369 e. The van der Waals surface area contributed by atoms with Crippen LogP contribution in [0.25, 0.3) is 0 Å². The summed E-state index contributed by atoms with van der Waals surface area (Å²) in [5, 5.41) is 0. The van der Waals surface area contributed by atoms with Crippen molar-refractivity contribution in [2.24, 2.45) is 0 Å². The monoisotopic (exact) mass is 292 g/mol. The first kappa shape index (κ1) is 18.5. The van der Waals surface area contributed by atoms with Crippen LogP contribution in [0.5, 0.6) is 0 Å². The van der Waals surface area contributed by atoms with Gasteiger partial charge in [-0.15, -0.1) is 0 Å². The van der Waals surface area contributed by atoms with Gasteiger partial charge in [0.25, 0.3) is 0 Å². The highest BCUT2D eigenvalue weighted by Gasteiger charge is 2.35. The van der Waals surface area contributed by atoms with Gasteiger partial charge in [0, 0.05) is 0 Å².